The number of aromatic nitrogens is 2. The van der Waals surface area contributed by atoms with Crippen molar-refractivity contribution in [2.75, 3.05) is 11.9 Å². The maximum absolute atomic E-state index is 12.9. The molecule has 1 aromatic heterocycles. The first kappa shape index (κ1) is 23.2. The van der Waals surface area contributed by atoms with Crippen LogP contribution in [0, 0.1) is 0 Å². The molecule has 4 aromatic rings. The summed E-state index contributed by atoms with van der Waals surface area (Å²) in [6.45, 7) is 2.07. The predicted octanol–water partition coefficient (Wildman–Crippen LogP) is 4.93. The van der Waals surface area contributed by atoms with Crippen LogP contribution >= 0.6 is 0 Å². The van der Waals surface area contributed by atoms with Gasteiger partial charge in [-0.3, -0.25) is 9.59 Å². The normalized spacial score (nSPS) is 11.0. The molecular formula is C27H27N3O4. The first-order valence-corrected chi connectivity index (χ1v) is 11.5. The molecule has 174 valence electrons. The van der Waals surface area contributed by atoms with Gasteiger partial charge in [0.1, 0.15) is 0 Å². The van der Waals surface area contributed by atoms with E-state index in [1.807, 2.05) is 36.4 Å². The van der Waals surface area contributed by atoms with Gasteiger partial charge in [0, 0.05) is 23.0 Å². The molecule has 0 aliphatic carbocycles. The van der Waals surface area contributed by atoms with Crippen LogP contribution in [-0.2, 0) is 16.1 Å². The number of nitrogens with zero attached hydrogens (tertiary/aromatic N) is 2. The van der Waals surface area contributed by atoms with Gasteiger partial charge in [-0.05, 0) is 23.9 Å². The summed E-state index contributed by atoms with van der Waals surface area (Å²) in [5.74, 6) is -1.20. The van der Waals surface area contributed by atoms with Crippen LogP contribution in [0.4, 0.5) is 5.69 Å². The Morgan fingerprint density at radius 3 is 2.38 bits per heavy atom. The third kappa shape index (κ3) is 5.14. The topological polar surface area (TPSA) is 90.3 Å². The van der Waals surface area contributed by atoms with Crippen molar-refractivity contribution in [1.82, 2.24) is 9.78 Å². The third-order valence-corrected chi connectivity index (χ3v) is 5.68. The van der Waals surface area contributed by atoms with E-state index in [1.165, 1.54) is 4.68 Å². The number of aryl methyl sites for hydroxylation is 1. The molecule has 3 aromatic carbocycles. The van der Waals surface area contributed by atoms with Gasteiger partial charge in [-0.25, -0.2) is 9.48 Å². The molecule has 1 heterocycles. The number of ether oxygens (including phenoxy) is 1. The van der Waals surface area contributed by atoms with Crippen LogP contribution < -0.4 is 10.9 Å². The smallest absolute Gasteiger partial charge is 0.359 e. The van der Waals surface area contributed by atoms with Gasteiger partial charge in [0.15, 0.2) is 12.3 Å². The third-order valence-electron chi connectivity index (χ3n) is 5.68. The van der Waals surface area contributed by atoms with E-state index in [2.05, 4.69) is 17.3 Å². The van der Waals surface area contributed by atoms with Crippen molar-refractivity contribution in [2.45, 2.75) is 39.2 Å². The van der Waals surface area contributed by atoms with Crippen molar-refractivity contribution < 1.29 is 14.3 Å². The van der Waals surface area contributed by atoms with E-state index in [-0.39, 0.29) is 11.3 Å². The standard InChI is InChI=1S/C27H27N3O4/c1-2-3-4-9-17-30-26(32)22-15-8-7-14-21(22)25(29-30)27(33)34-18-24(31)28-23-16-10-12-19-11-5-6-13-20(19)23/h5-8,10-16H,2-4,9,17-18H2,1H3,(H,28,31). The number of esters is 1. The van der Waals surface area contributed by atoms with Crippen molar-refractivity contribution in [1.29, 1.82) is 0 Å². The Bertz CT molecular complexity index is 1390. The fraction of sp³-hybridized carbons (Fsp3) is 0.259. The van der Waals surface area contributed by atoms with E-state index in [0.717, 1.165) is 36.5 Å². The van der Waals surface area contributed by atoms with E-state index in [4.69, 9.17) is 4.74 Å². The summed E-state index contributed by atoms with van der Waals surface area (Å²) in [5.41, 5.74) is 0.435. The Morgan fingerprint density at radius 1 is 0.882 bits per heavy atom. The average molecular weight is 458 g/mol. The van der Waals surface area contributed by atoms with Crippen LogP contribution in [0.1, 0.15) is 43.1 Å². The molecule has 0 bridgehead atoms. The van der Waals surface area contributed by atoms with Crippen LogP contribution in [0.3, 0.4) is 0 Å². The lowest BCUT2D eigenvalue weighted by Gasteiger charge is -2.12. The van der Waals surface area contributed by atoms with Gasteiger partial charge in [0.05, 0.1) is 5.39 Å². The summed E-state index contributed by atoms with van der Waals surface area (Å²) in [4.78, 5) is 38.2. The van der Waals surface area contributed by atoms with E-state index < -0.39 is 18.5 Å². The molecule has 0 saturated heterocycles. The zero-order valence-electron chi connectivity index (χ0n) is 19.1. The lowest BCUT2D eigenvalue weighted by molar-refractivity contribution is -0.119. The Balaban J connectivity index is 1.50. The van der Waals surface area contributed by atoms with Crippen molar-refractivity contribution >= 4 is 39.1 Å². The lowest BCUT2D eigenvalue weighted by atomic mass is 10.1. The molecule has 1 amide bonds. The van der Waals surface area contributed by atoms with E-state index in [1.54, 1.807) is 30.3 Å². The first-order valence-electron chi connectivity index (χ1n) is 11.5. The molecule has 0 fully saturated rings. The van der Waals surface area contributed by atoms with Crippen molar-refractivity contribution in [3.63, 3.8) is 0 Å². The van der Waals surface area contributed by atoms with Crippen LogP contribution in [0.15, 0.2) is 71.5 Å². The number of fused-ring (bicyclic) bond motifs is 2. The highest BCUT2D eigenvalue weighted by Gasteiger charge is 2.19. The zero-order chi connectivity index (χ0) is 23.9. The summed E-state index contributed by atoms with van der Waals surface area (Å²) in [6, 6.07) is 20.1. The molecule has 34 heavy (non-hydrogen) atoms. The molecule has 7 heteroatoms. The maximum atomic E-state index is 12.9. The first-order chi connectivity index (χ1) is 16.6. The SMILES string of the molecule is CCCCCCn1nc(C(=O)OCC(=O)Nc2cccc3ccccc23)c2ccccc2c1=O. The summed E-state index contributed by atoms with van der Waals surface area (Å²) in [6.07, 6.45) is 3.92. The van der Waals surface area contributed by atoms with Gasteiger partial charge in [0.2, 0.25) is 0 Å². The second-order valence-electron chi connectivity index (χ2n) is 8.13. The Hall–Kier alpha value is -4.00. The molecule has 1 N–H and O–H groups in total. The van der Waals surface area contributed by atoms with Gasteiger partial charge in [-0.15, -0.1) is 0 Å². The maximum Gasteiger partial charge on any atom is 0.359 e. The molecule has 0 atom stereocenters. The van der Waals surface area contributed by atoms with E-state index in [9.17, 15) is 14.4 Å². The predicted molar refractivity (Wildman–Crippen MR) is 133 cm³/mol. The van der Waals surface area contributed by atoms with E-state index in [0.29, 0.717) is 23.0 Å². The van der Waals surface area contributed by atoms with E-state index >= 15 is 0 Å². The Labute approximate surface area is 197 Å². The molecule has 7 nitrogen and oxygen atoms in total. The average Bonchev–Trinajstić information content (AvgIpc) is 2.86. The number of amides is 1. The number of benzene rings is 3. The highest BCUT2D eigenvalue weighted by Crippen LogP contribution is 2.23. The molecule has 4 rings (SSSR count). The molecule has 0 aliphatic rings. The monoisotopic (exact) mass is 457 g/mol. The summed E-state index contributed by atoms with van der Waals surface area (Å²) < 4.78 is 6.62. The second kappa shape index (κ2) is 10.7. The van der Waals surface area contributed by atoms with Crippen LogP contribution in [-0.4, -0.2) is 28.3 Å². The number of nitrogens with one attached hydrogen (secondary N) is 1. The molecule has 0 aliphatic heterocycles. The minimum atomic E-state index is -0.744. The van der Waals surface area contributed by atoms with Crippen molar-refractivity contribution in [3.8, 4) is 0 Å². The Morgan fingerprint density at radius 2 is 1.59 bits per heavy atom. The summed E-state index contributed by atoms with van der Waals surface area (Å²) >= 11 is 0. The van der Waals surface area contributed by atoms with Crippen LogP contribution in [0.2, 0.25) is 0 Å². The minimum absolute atomic E-state index is 0.0312. The lowest BCUT2D eigenvalue weighted by Crippen LogP contribution is -2.28. The van der Waals surface area contributed by atoms with Gasteiger partial charge in [0.25, 0.3) is 11.5 Å². The highest BCUT2D eigenvalue weighted by atomic mass is 16.5. The molecule has 0 spiro atoms. The summed E-state index contributed by atoms with van der Waals surface area (Å²) in [5, 5.41) is 9.80. The molecule has 0 radical (unpaired) electrons. The largest absolute Gasteiger partial charge is 0.451 e. The quantitative estimate of drug-likeness (QED) is 0.284. The van der Waals surface area contributed by atoms with Crippen LogP contribution in [0.25, 0.3) is 21.5 Å². The Kier molecular flexibility index (Phi) is 7.32. The zero-order valence-corrected chi connectivity index (χ0v) is 19.1. The number of anilines is 1. The molecule has 0 unspecified atom stereocenters. The number of hydrogen-bond donors (Lipinski definition) is 1. The molecule has 0 saturated carbocycles. The highest BCUT2D eigenvalue weighted by molar-refractivity contribution is 6.05. The van der Waals surface area contributed by atoms with Gasteiger partial charge < -0.3 is 10.1 Å². The minimum Gasteiger partial charge on any atom is -0.451 e. The number of rotatable bonds is 9. The van der Waals surface area contributed by atoms with Gasteiger partial charge in [-0.2, -0.15) is 5.10 Å². The fourth-order valence-electron chi connectivity index (χ4n) is 3.95. The van der Waals surface area contributed by atoms with Gasteiger partial charge in [-0.1, -0.05) is 80.8 Å². The second-order valence-corrected chi connectivity index (χ2v) is 8.13. The number of unbranched alkanes of at least 4 members (excludes halogenated alkanes) is 3. The fourth-order valence-corrected chi connectivity index (χ4v) is 3.95. The number of carbonyl (C=O) groups is 2. The number of hydrogen-bond acceptors (Lipinski definition) is 5. The van der Waals surface area contributed by atoms with Crippen LogP contribution in [0.5, 0.6) is 0 Å². The van der Waals surface area contributed by atoms with Crippen molar-refractivity contribution in [2.24, 2.45) is 0 Å². The summed E-state index contributed by atoms with van der Waals surface area (Å²) in [7, 11) is 0. The van der Waals surface area contributed by atoms with Crippen molar-refractivity contribution in [3.05, 3.63) is 82.8 Å². The number of carbonyl (C=O) groups excluding carboxylic acids is 2. The van der Waals surface area contributed by atoms with Gasteiger partial charge >= 0.3 is 5.97 Å². The molecular weight excluding hydrogens is 430 g/mol.